The molecule has 1 saturated heterocycles. The molecule has 1 amide bonds. The van der Waals surface area contributed by atoms with E-state index < -0.39 is 0 Å². The summed E-state index contributed by atoms with van der Waals surface area (Å²) < 4.78 is 18.4. The minimum atomic E-state index is -0.317. The molecule has 2 aromatic rings. The molecule has 3 rings (SSSR count). The Morgan fingerprint density at radius 2 is 1.95 bits per heavy atom. The Labute approximate surface area is 131 Å². The number of carbonyl (C=O) groups excluding carboxylic acids is 1. The lowest BCUT2D eigenvalue weighted by Crippen LogP contribution is -2.34. The molecule has 0 bridgehead atoms. The van der Waals surface area contributed by atoms with Gasteiger partial charge in [-0.2, -0.15) is 0 Å². The van der Waals surface area contributed by atoms with Gasteiger partial charge in [0.1, 0.15) is 5.82 Å². The van der Waals surface area contributed by atoms with Crippen LogP contribution in [-0.2, 0) is 4.79 Å². The lowest BCUT2D eigenvalue weighted by Gasteiger charge is -2.18. The molecule has 0 saturated carbocycles. The number of rotatable bonds is 4. The van der Waals surface area contributed by atoms with E-state index in [2.05, 4.69) is 10.2 Å². The number of nitrogens with zero attached hydrogens (tertiary/aromatic N) is 3. The first kappa shape index (κ1) is 15.0. The minimum absolute atomic E-state index is 0.101. The van der Waals surface area contributed by atoms with Crippen molar-refractivity contribution in [3.05, 3.63) is 30.1 Å². The van der Waals surface area contributed by atoms with Gasteiger partial charge >= 0.3 is 0 Å². The van der Waals surface area contributed by atoms with E-state index in [0.717, 1.165) is 25.9 Å². The number of halogens is 1. The standard InChI is InChI=1S/C15H16FN3O2S/c1-10(14(20)19-8-2-3-9-19)22-15-18-17-13(21-15)11-4-6-12(16)7-5-11/h4-7,10H,2-3,8-9H2,1H3/t10-/m0/s1. The summed E-state index contributed by atoms with van der Waals surface area (Å²) in [5, 5.41) is 7.97. The summed E-state index contributed by atoms with van der Waals surface area (Å²) in [7, 11) is 0. The van der Waals surface area contributed by atoms with E-state index in [1.54, 1.807) is 12.1 Å². The summed E-state index contributed by atoms with van der Waals surface area (Å²) >= 11 is 1.25. The quantitative estimate of drug-likeness (QED) is 0.810. The lowest BCUT2D eigenvalue weighted by atomic mass is 10.2. The van der Waals surface area contributed by atoms with Gasteiger partial charge in [0.15, 0.2) is 0 Å². The molecule has 116 valence electrons. The molecule has 2 heterocycles. The molecular formula is C15H16FN3O2S. The first-order valence-electron chi connectivity index (χ1n) is 7.18. The molecule has 0 aliphatic carbocycles. The first-order valence-corrected chi connectivity index (χ1v) is 8.06. The molecule has 1 aliphatic heterocycles. The zero-order chi connectivity index (χ0) is 15.5. The van der Waals surface area contributed by atoms with Gasteiger partial charge in [-0.1, -0.05) is 11.8 Å². The van der Waals surface area contributed by atoms with Crippen LogP contribution in [0.3, 0.4) is 0 Å². The molecule has 0 N–H and O–H groups in total. The molecule has 5 nitrogen and oxygen atoms in total. The van der Waals surface area contributed by atoms with E-state index in [1.165, 1.54) is 23.9 Å². The molecule has 7 heteroatoms. The van der Waals surface area contributed by atoms with E-state index in [9.17, 15) is 9.18 Å². The molecule has 1 aromatic carbocycles. The highest BCUT2D eigenvalue weighted by Gasteiger charge is 2.25. The van der Waals surface area contributed by atoms with Crippen molar-refractivity contribution in [2.24, 2.45) is 0 Å². The third-order valence-electron chi connectivity index (χ3n) is 3.54. The van der Waals surface area contributed by atoms with Crippen molar-refractivity contribution >= 4 is 17.7 Å². The number of carbonyl (C=O) groups is 1. The second-order valence-corrected chi connectivity index (χ2v) is 6.46. The van der Waals surface area contributed by atoms with Gasteiger partial charge in [0.25, 0.3) is 5.22 Å². The van der Waals surface area contributed by atoms with Crippen molar-refractivity contribution in [3.8, 4) is 11.5 Å². The summed E-state index contributed by atoms with van der Waals surface area (Å²) in [6.45, 7) is 3.50. The van der Waals surface area contributed by atoms with Crippen LogP contribution in [0.2, 0.25) is 0 Å². The van der Waals surface area contributed by atoms with Crippen molar-refractivity contribution in [2.75, 3.05) is 13.1 Å². The van der Waals surface area contributed by atoms with E-state index >= 15 is 0 Å². The highest BCUT2D eigenvalue weighted by molar-refractivity contribution is 8.00. The van der Waals surface area contributed by atoms with E-state index in [-0.39, 0.29) is 17.0 Å². The number of amides is 1. The summed E-state index contributed by atoms with van der Waals surface area (Å²) in [5.41, 5.74) is 0.652. The van der Waals surface area contributed by atoms with Gasteiger partial charge in [-0.25, -0.2) is 4.39 Å². The Bertz CT molecular complexity index is 653. The van der Waals surface area contributed by atoms with Crippen molar-refractivity contribution in [3.63, 3.8) is 0 Å². The van der Waals surface area contributed by atoms with Crippen LogP contribution in [0, 0.1) is 5.82 Å². The normalized spacial score (nSPS) is 16.0. The zero-order valence-corrected chi connectivity index (χ0v) is 13.0. The maximum atomic E-state index is 12.9. The monoisotopic (exact) mass is 321 g/mol. The summed E-state index contributed by atoms with van der Waals surface area (Å²) in [6, 6.07) is 5.84. The smallest absolute Gasteiger partial charge is 0.277 e. The largest absolute Gasteiger partial charge is 0.411 e. The molecular weight excluding hydrogens is 305 g/mol. The molecule has 0 unspecified atom stereocenters. The average molecular weight is 321 g/mol. The van der Waals surface area contributed by atoms with E-state index in [4.69, 9.17) is 4.42 Å². The van der Waals surface area contributed by atoms with Crippen molar-refractivity contribution < 1.29 is 13.6 Å². The Morgan fingerprint density at radius 3 is 2.64 bits per heavy atom. The van der Waals surface area contributed by atoms with Crippen molar-refractivity contribution in [1.82, 2.24) is 15.1 Å². The van der Waals surface area contributed by atoms with Gasteiger partial charge in [-0.15, -0.1) is 10.2 Å². The van der Waals surface area contributed by atoms with E-state index in [0.29, 0.717) is 16.7 Å². The molecule has 1 atom stereocenters. The second-order valence-electron chi connectivity index (χ2n) is 5.17. The maximum absolute atomic E-state index is 12.9. The predicted octanol–water partition coefficient (Wildman–Crippen LogP) is 2.98. The minimum Gasteiger partial charge on any atom is -0.411 e. The maximum Gasteiger partial charge on any atom is 0.277 e. The second kappa shape index (κ2) is 6.48. The lowest BCUT2D eigenvalue weighted by molar-refractivity contribution is -0.129. The molecule has 22 heavy (non-hydrogen) atoms. The third-order valence-corrected chi connectivity index (χ3v) is 4.46. The van der Waals surface area contributed by atoms with Crippen molar-refractivity contribution in [2.45, 2.75) is 30.2 Å². The Morgan fingerprint density at radius 1 is 1.27 bits per heavy atom. The van der Waals surface area contributed by atoms with Gasteiger partial charge in [-0.05, 0) is 44.0 Å². The fourth-order valence-electron chi connectivity index (χ4n) is 2.36. The van der Waals surface area contributed by atoms with Gasteiger partial charge in [0.2, 0.25) is 11.8 Å². The van der Waals surface area contributed by atoms with Crippen molar-refractivity contribution in [1.29, 1.82) is 0 Å². The Kier molecular flexibility index (Phi) is 4.42. The fourth-order valence-corrected chi connectivity index (χ4v) is 3.13. The summed E-state index contributed by atoms with van der Waals surface area (Å²) in [5.74, 6) is 0.107. The molecule has 1 fully saturated rings. The predicted molar refractivity (Wildman–Crippen MR) is 80.8 cm³/mol. The van der Waals surface area contributed by atoms with Gasteiger partial charge in [0.05, 0.1) is 5.25 Å². The number of hydrogen-bond acceptors (Lipinski definition) is 5. The van der Waals surface area contributed by atoms with Crippen LogP contribution in [0.15, 0.2) is 33.9 Å². The number of hydrogen-bond donors (Lipinski definition) is 0. The van der Waals surface area contributed by atoms with Crippen LogP contribution in [0.4, 0.5) is 4.39 Å². The highest BCUT2D eigenvalue weighted by atomic mass is 32.2. The van der Waals surface area contributed by atoms with Crippen LogP contribution in [0.5, 0.6) is 0 Å². The van der Waals surface area contributed by atoms with Crippen LogP contribution < -0.4 is 0 Å². The molecule has 0 spiro atoms. The number of thioether (sulfide) groups is 1. The fraction of sp³-hybridized carbons (Fsp3) is 0.400. The highest BCUT2D eigenvalue weighted by Crippen LogP contribution is 2.27. The van der Waals surface area contributed by atoms with Gasteiger partial charge in [-0.3, -0.25) is 4.79 Å². The Hall–Kier alpha value is -1.89. The number of likely N-dealkylation sites (tertiary alicyclic amines) is 1. The summed E-state index contributed by atoms with van der Waals surface area (Å²) in [4.78, 5) is 14.1. The molecule has 0 radical (unpaired) electrons. The Balaban J connectivity index is 1.66. The molecule has 1 aromatic heterocycles. The van der Waals surface area contributed by atoms with Gasteiger partial charge < -0.3 is 9.32 Å². The first-order chi connectivity index (χ1) is 10.6. The summed E-state index contributed by atoms with van der Waals surface area (Å²) in [6.07, 6.45) is 2.14. The third kappa shape index (κ3) is 3.30. The average Bonchev–Trinajstić information content (AvgIpc) is 3.18. The topological polar surface area (TPSA) is 59.2 Å². The SMILES string of the molecule is C[C@H](Sc1nnc(-c2ccc(F)cc2)o1)C(=O)N1CCCC1. The van der Waals surface area contributed by atoms with Crippen LogP contribution in [-0.4, -0.2) is 39.3 Å². The molecule has 1 aliphatic rings. The zero-order valence-electron chi connectivity index (χ0n) is 12.2. The van der Waals surface area contributed by atoms with E-state index in [1.807, 2.05) is 11.8 Å². The number of benzene rings is 1. The van der Waals surface area contributed by atoms with Crippen LogP contribution >= 0.6 is 11.8 Å². The van der Waals surface area contributed by atoms with Gasteiger partial charge in [0, 0.05) is 18.7 Å². The number of aromatic nitrogens is 2. The van der Waals surface area contributed by atoms with Crippen LogP contribution in [0.1, 0.15) is 19.8 Å². The van der Waals surface area contributed by atoms with Crippen LogP contribution in [0.25, 0.3) is 11.5 Å².